The molecular formula is C13H14Ru. The molecule has 0 nitrogen and oxygen atoms in total. The van der Waals surface area contributed by atoms with E-state index in [0.717, 1.165) is 0 Å². The first-order valence-electron chi connectivity index (χ1n) is 4.44. The minimum atomic E-state index is 0. The van der Waals surface area contributed by atoms with Crippen LogP contribution >= 0.6 is 0 Å². The van der Waals surface area contributed by atoms with Gasteiger partial charge in [0.25, 0.3) is 0 Å². The molecule has 0 bridgehead atoms. The van der Waals surface area contributed by atoms with Gasteiger partial charge in [0, 0.05) is 0 Å². The maximum absolute atomic E-state index is 2.08. The summed E-state index contributed by atoms with van der Waals surface area (Å²) in [6.45, 7) is 2.02. The zero-order valence-corrected chi connectivity index (χ0v) is 9.94. The molecule has 0 heterocycles. The molecule has 2 rings (SSSR count). The molecule has 0 aliphatic heterocycles. The van der Waals surface area contributed by atoms with Crippen LogP contribution in [0.15, 0.2) is 60.7 Å². The summed E-state index contributed by atoms with van der Waals surface area (Å²) in [6.07, 6.45) is 4.12. The molecule has 0 amide bonds. The Morgan fingerprint density at radius 3 is 1.93 bits per heavy atom. The fourth-order valence-electron chi connectivity index (χ4n) is 1.01. The third-order valence-electron chi connectivity index (χ3n) is 1.60. The molecule has 0 saturated heterocycles. The van der Waals surface area contributed by atoms with Crippen LogP contribution in [0.3, 0.4) is 0 Å². The Hall–Kier alpha value is -0.937. The van der Waals surface area contributed by atoms with Crippen LogP contribution in [-0.2, 0) is 19.5 Å². The van der Waals surface area contributed by atoms with Gasteiger partial charge in [-0.1, -0.05) is 6.92 Å². The Morgan fingerprint density at radius 1 is 1.00 bits per heavy atom. The summed E-state index contributed by atoms with van der Waals surface area (Å²) in [4.78, 5) is 0. The molecule has 0 N–H and O–H groups in total. The van der Waals surface area contributed by atoms with Gasteiger partial charge in [-0.15, -0.1) is 23.8 Å². The summed E-state index contributed by atoms with van der Waals surface area (Å²) in [7, 11) is 0. The molecule has 2 aromatic rings. The summed E-state index contributed by atoms with van der Waals surface area (Å²) in [5.41, 5.74) is 1.28. The molecular weight excluding hydrogens is 257 g/mol. The summed E-state index contributed by atoms with van der Waals surface area (Å²) in [6, 6.07) is 18.2. The number of hydrogen-bond donors (Lipinski definition) is 0. The van der Waals surface area contributed by atoms with Crippen LogP contribution in [0.4, 0.5) is 0 Å². The maximum Gasteiger partial charge on any atom is 2.00 e. The van der Waals surface area contributed by atoms with Crippen molar-refractivity contribution >= 4 is 6.08 Å². The smallest absolute Gasteiger partial charge is 0.214 e. The summed E-state index contributed by atoms with van der Waals surface area (Å²) >= 11 is 0. The average molecular weight is 271 g/mol. The van der Waals surface area contributed by atoms with Gasteiger partial charge in [0.2, 0.25) is 0 Å². The van der Waals surface area contributed by atoms with Crippen LogP contribution < -0.4 is 0 Å². The minimum Gasteiger partial charge on any atom is -0.214 e. The van der Waals surface area contributed by atoms with E-state index >= 15 is 0 Å². The zero-order valence-electron chi connectivity index (χ0n) is 8.20. The van der Waals surface area contributed by atoms with Gasteiger partial charge in [-0.25, -0.2) is 12.1 Å². The van der Waals surface area contributed by atoms with Crippen molar-refractivity contribution in [1.82, 2.24) is 0 Å². The molecule has 0 aliphatic carbocycles. The van der Waals surface area contributed by atoms with Gasteiger partial charge in [0.1, 0.15) is 0 Å². The number of hydrogen-bond acceptors (Lipinski definition) is 0. The normalized spacial score (nSPS) is 8.93. The summed E-state index contributed by atoms with van der Waals surface area (Å²) in [5.74, 6) is 0. The topological polar surface area (TPSA) is 0 Å². The van der Waals surface area contributed by atoms with Gasteiger partial charge in [-0.05, 0) is 0 Å². The molecule has 0 aliphatic rings. The van der Waals surface area contributed by atoms with Crippen LogP contribution in [0.1, 0.15) is 12.5 Å². The van der Waals surface area contributed by atoms with Crippen molar-refractivity contribution in [1.29, 1.82) is 0 Å². The number of rotatable bonds is 1. The van der Waals surface area contributed by atoms with Crippen molar-refractivity contribution in [2.24, 2.45) is 0 Å². The quantitative estimate of drug-likeness (QED) is 0.546. The molecule has 2 aromatic carbocycles. The standard InChI is InChI=1S/C8H9.C5H5.Ru/c1-2-5-8-6-3-4-7-8;1-2-4-5-3-1;/h2-7H,1H3;1-5H;/q2*-1;+2. The monoisotopic (exact) mass is 272 g/mol. The van der Waals surface area contributed by atoms with E-state index in [1.165, 1.54) is 5.56 Å². The van der Waals surface area contributed by atoms with Crippen LogP contribution in [-0.4, -0.2) is 0 Å². The first-order valence-corrected chi connectivity index (χ1v) is 4.44. The van der Waals surface area contributed by atoms with E-state index in [9.17, 15) is 0 Å². The van der Waals surface area contributed by atoms with Gasteiger partial charge >= 0.3 is 19.5 Å². The van der Waals surface area contributed by atoms with Crippen molar-refractivity contribution < 1.29 is 19.5 Å². The zero-order chi connectivity index (χ0) is 9.36. The second-order valence-corrected chi connectivity index (χ2v) is 2.68. The molecule has 0 saturated carbocycles. The van der Waals surface area contributed by atoms with Crippen molar-refractivity contribution in [3.8, 4) is 0 Å². The molecule has 0 spiro atoms. The first kappa shape index (κ1) is 13.1. The Kier molecular flexibility index (Phi) is 8.07. The fraction of sp³-hybridized carbons (Fsp3) is 0.0769. The van der Waals surface area contributed by atoms with Crippen molar-refractivity contribution in [2.75, 3.05) is 0 Å². The van der Waals surface area contributed by atoms with E-state index in [-0.39, 0.29) is 19.5 Å². The Bertz CT molecular complexity index is 284. The third-order valence-corrected chi connectivity index (χ3v) is 1.60. The van der Waals surface area contributed by atoms with Gasteiger partial charge in [-0.2, -0.15) is 36.4 Å². The molecule has 74 valence electrons. The third kappa shape index (κ3) is 5.66. The summed E-state index contributed by atoms with van der Waals surface area (Å²) in [5, 5.41) is 0. The first-order chi connectivity index (χ1) is 6.43. The second-order valence-electron chi connectivity index (χ2n) is 2.68. The summed E-state index contributed by atoms with van der Waals surface area (Å²) < 4.78 is 0. The van der Waals surface area contributed by atoms with Gasteiger partial charge in [0.05, 0.1) is 0 Å². The van der Waals surface area contributed by atoms with Gasteiger partial charge < -0.3 is 0 Å². The molecule has 0 unspecified atom stereocenters. The van der Waals surface area contributed by atoms with E-state index in [1.807, 2.05) is 55.5 Å². The second kappa shape index (κ2) is 8.65. The maximum atomic E-state index is 2.08. The molecule has 0 fully saturated rings. The number of allylic oxidation sites excluding steroid dienone is 1. The van der Waals surface area contributed by atoms with Crippen molar-refractivity contribution in [3.05, 3.63) is 66.2 Å². The van der Waals surface area contributed by atoms with E-state index in [0.29, 0.717) is 0 Å². The largest absolute Gasteiger partial charge is 2.00 e. The van der Waals surface area contributed by atoms with Crippen LogP contribution in [0.2, 0.25) is 0 Å². The van der Waals surface area contributed by atoms with Crippen LogP contribution in [0.25, 0.3) is 6.08 Å². The average Bonchev–Trinajstić information content (AvgIpc) is 2.79. The van der Waals surface area contributed by atoms with E-state index in [1.54, 1.807) is 0 Å². The predicted octanol–water partition coefficient (Wildman–Crippen LogP) is 3.84. The van der Waals surface area contributed by atoms with Gasteiger partial charge in [0.15, 0.2) is 0 Å². The molecule has 0 atom stereocenters. The van der Waals surface area contributed by atoms with Crippen molar-refractivity contribution in [3.63, 3.8) is 0 Å². The van der Waals surface area contributed by atoms with E-state index in [4.69, 9.17) is 0 Å². The molecule has 0 aromatic heterocycles. The predicted molar refractivity (Wildman–Crippen MR) is 58.8 cm³/mol. The van der Waals surface area contributed by atoms with E-state index in [2.05, 4.69) is 18.2 Å². The van der Waals surface area contributed by atoms with Gasteiger partial charge in [-0.3, -0.25) is 0 Å². The fourth-order valence-corrected chi connectivity index (χ4v) is 1.01. The van der Waals surface area contributed by atoms with Crippen LogP contribution in [0, 0.1) is 0 Å². The molecule has 14 heavy (non-hydrogen) atoms. The molecule has 1 heteroatoms. The Morgan fingerprint density at radius 2 is 1.57 bits per heavy atom. The van der Waals surface area contributed by atoms with Crippen LogP contribution in [0.5, 0.6) is 0 Å². The van der Waals surface area contributed by atoms with Crippen molar-refractivity contribution in [2.45, 2.75) is 6.92 Å². The van der Waals surface area contributed by atoms with E-state index < -0.39 is 0 Å². The molecule has 0 radical (unpaired) electrons. The Balaban J connectivity index is 0.000000246. The SMILES string of the molecule is CC=C[c-]1cccc1.[Ru+2].c1cc[cH-]c1. The Labute approximate surface area is 98.8 Å². The minimum absolute atomic E-state index is 0.